The molecule has 2 aromatic rings. The number of nitrogens with two attached hydrogens (primary N) is 1. The van der Waals surface area contributed by atoms with Crippen LogP contribution in [0.3, 0.4) is 0 Å². The Kier molecular flexibility index (Phi) is 7.56. The zero-order valence-electron chi connectivity index (χ0n) is 13.4. The summed E-state index contributed by atoms with van der Waals surface area (Å²) in [4.78, 5) is 0. The number of hydrogen-bond acceptors (Lipinski definition) is 6. The monoisotopic (exact) mass is 320 g/mol. The highest BCUT2D eigenvalue weighted by molar-refractivity contribution is 5.51. The molecule has 0 saturated carbocycles. The van der Waals surface area contributed by atoms with E-state index in [0.717, 1.165) is 17.8 Å². The van der Waals surface area contributed by atoms with Gasteiger partial charge in [-0.3, -0.25) is 0 Å². The second kappa shape index (κ2) is 9.42. The Labute approximate surface area is 136 Å². The van der Waals surface area contributed by atoms with E-state index < -0.39 is 0 Å². The van der Waals surface area contributed by atoms with E-state index in [1.54, 1.807) is 18.2 Å². The molecule has 23 heavy (non-hydrogen) atoms. The van der Waals surface area contributed by atoms with E-state index in [4.69, 9.17) is 20.7 Å². The summed E-state index contributed by atoms with van der Waals surface area (Å²) in [5, 5.41) is 30.1. The zero-order chi connectivity index (χ0) is 17.2. The molecule has 0 atom stereocenters. The van der Waals surface area contributed by atoms with Crippen LogP contribution >= 0.6 is 0 Å². The molecule has 0 aliphatic rings. The van der Waals surface area contributed by atoms with Crippen molar-refractivity contribution in [3.63, 3.8) is 0 Å². The Bertz CT molecular complexity index is 618. The number of aromatic hydroxyl groups is 2. The second-order valence-corrected chi connectivity index (χ2v) is 4.94. The van der Waals surface area contributed by atoms with Crippen LogP contribution in [0.1, 0.15) is 12.0 Å². The van der Waals surface area contributed by atoms with Gasteiger partial charge in [0.2, 0.25) is 0 Å². The number of phenols is 2. The van der Waals surface area contributed by atoms with E-state index in [9.17, 15) is 5.11 Å². The first kappa shape index (κ1) is 18.4. The molecule has 6 heteroatoms. The van der Waals surface area contributed by atoms with Crippen molar-refractivity contribution < 1.29 is 20.1 Å². The maximum atomic E-state index is 9.37. The Morgan fingerprint density at radius 1 is 1.09 bits per heavy atom. The molecule has 6 N–H and O–H groups in total. The molecule has 0 amide bonds. The number of methoxy groups -OCH3 is 1. The predicted molar refractivity (Wildman–Crippen MR) is 92.1 cm³/mol. The van der Waals surface area contributed by atoms with Gasteiger partial charge in [0.1, 0.15) is 5.75 Å². The summed E-state index contributed by atoms with van der Waals surface area (Å²) in [6.45, 7) is 2.76. The van der Waals surface area contributed by atoms with Gasteiger partial charge in [-0.2, -0.15) is 0 Å². The highest BCUT2D eigenvalue weighted by Gasteiger charge is 1.98. The number of aliphatic hydroxyl groups excluding tert-OH is 1. The smallest absolute Gasteiger partial charge is 0.160 e. The average molecular weight is 320 g/mol. The van der Waals surface area contributed by atoms with Crippen molar-refractivity contribution in [2.45, 2.75) is 13.3 Å². The lowest BCUT2D eigenvalue weighted by atomic mass is 10.2. The fourth-order valence-corrected chi connectivity index (χ4v) is 1.74. The SMILES string of the molecule is COc1ccc(N)cc1O.Cc1ccc(NCCCO)cc1O. The Morgan fingerprint density at radius 3 is 2.39 bits per heavy atom. The maximum absolute atomic E-state index is 9.37. The summed E-state index contributed by atoms with van der Waals surface area (Å²) in [7, 11) is 1.49. The van der Waals surface area contributed by atoms with Crippen molar-refractivity contribution >= 4 is 11.4 Å². The molecule has 0 saturated heterocycles. The van der Waals surface area contributed by atoms with Crippen molar-refractivity contribution in [2.75, 3.05) is 31.3 Å². The molecule has 0 aromatic heterocycles. The van der Waals surface area contributed by atoms with Gasteiger partial charge in [-0.1, -0.05) is 6.07 Å². The molecule has 0 heterocycles. The van der Waals surface area contributed by atoms with Gasteiger partial charge < -0.3 is 31.1 Å². The Morgan fingerprint density at radius 2 is 1.83 bits per heavy atom. The molecule has 0 aliphatic heterocycles. The quantitative estimate of drug-likeness (QED) is 0.428. The van der Waals surface area contributed by atoms with Crippen molar-refractivity contribution in [2.24, 2.45) is 0 Å². The zero-order valence-corrected chi connectivity index (χ0v) is 13.4. The highest BCUT2D eigenvalue weighted by atomic mass is 16.5. The van der Waals surface area contributed by atoms with E-state index in [-0.39, 0.29) is 12.4 Å². The molecule has 6 nitrogen and oxygen atoms in total. The Hall–Kier alpha value is -2.60. The standard InChI is InChI=1S/C10H15NO2.C7H9NO2/c1-8-3-4-9(7-10(8)13)11-5-2-6-12;1-10-7-3-2-5(8)4-6(7)9/h3-4,7,11-13H,2,5-6H2,1H3;2-4,9H,8H2,1H3. The summed E-state index contributed by atoms with van der Waals surface area (Å²) in [6.07, 6.45) is 0.717. The maximum Gasteiger partial charge on any atom is 0.160 e. The number of benzene rings is 2. The van der Waals surface area contributed by atoms with E-state index in [2.05, 4.69) is 5.32 Å². The summed E-state index contributed by atoms with van der Waals surface area (Å²) < 4.78 is 4.79. The van der Waals surface area contributed by atoms with Crippen molar-refractivity contribution in [1.82, 2.24) is 0 Å². The number of anilines is 2. The fraction of sp³-hybridized carbons (Fsp3) is 0.294. The van der Waals surface area contributed by atoms with Crippen LogP contribution in [0.5, 0.6) is 17.2 Å². The third kappa shape index (κ3) is 6.36. The van der Waals surface area contributed by atoms with Crippen LogP contribution in [-0.4, -0.2) is 35.6 Å². The van der Waals surface area contributed by atoms with Crippen LogP contribution in [0.4, 0.5) is 11.4 Å². The second-order valence-electron chi connectivity index (χ2n) is 4.94. The first-order valence-electron chi connectivity index (χ1n) is 7.24. The largest absolute Gasteiger partial charge is 0.508 e. The Balaban J connectivity index is 0.000000238. The number of aryl methyl sites for hydroxylation is 1. The first-order valence-corrected chi connectivity index (χ1v) is 7.24. The van der Waals surface area contributed by atoms with Gasteiger partial charge in [0.15, 0.2) is 11.5 Å². The number of ether oxygens (including phenoxy) is 1. The lowest BCUT2D eigenvalue weighted by Gasteiger charge is -2.06. The minimum atomic E-state index is 0.0718. The summed E-state index contributed by atoms with van der Waals surface area (Å²) in [5.41, 5.74) is 7.65. The van der Waals surface area contributed by atoms with E-state index >= 15 is 0 Å². The number of nitrogens with one attached hydrogen (secondary N) is 1. The first-order chi connectivity index (χ1) is 11.0. The van der Waals surface area contributed by atoms with E-state index in [0.29, 0.717) is 23.6 Å². The van der Waals surface area contributed by atoms with Crippen LogP contribution in [0.2, 0.25) is 0 Å². The van der Waals surface area contributed by atoms with E-state index in [1.165, 1.54) is 13.2 Å². The van der Waals surface area contributed by atoms with Gasteiger partial charge in [0.05, 0.1) is 7.11 Å². The molecule has 0 fully saturated rings. The average Bonchev–Trinajstić information content (AvgIpc) is 2.52. The molecule has 0 aliphatic carbocycles. The summed E-state index contributed by atoms with van der Waals surface area (Å²) in [5.74, 6) is 0.811. The van der Waals surface area contributed by atoms with Crippen LogP contribution < -0.4 is 15.8 Å². The molecule has 0 unspecified atom stereocenters. The van der Waals surface area contributed by atoms with Crippen molar-refractivity contribution in [3.8, 4) is 17.2 Å². The van der Waals surface area contributed by atoms with Gasteiger partial charge >= 0.3 is 0 Å². The minimum Gasteiger partial charge on any atom is -0.508 e. The van der Waals surface area contributed by atoms with Crippen molar-refractivity contribution in [3.05, 3.63) is 42.0 Å². The van der Waals surface area contributed by atoms with Gasteiger partial charge in [-0.05, 0) is 37.1 Å². The summed E-state index contributed by atoms with van der Waals surface area (Å²) in [6, 6.07) is 10.2. The molecule has 2 rings (SSSR count). The minimum absolute atomic E-state index is 0.0718. The van der Waals surface area contributed by atoms with Crippen LogP contribution in [0.25, 0.3) is 0 Å². The third-order valence-electron chi connectivity index (χ3n) is 3.08. The number of phenolic OH excluding ortho intramolecular Hbond substituents is 2. The third-order valence-corrected chi connectivity index (χ3v) is 3.08. The van der Waals surface area contributed by atoms with Crippen LogP contribution in [0.15, 0.2) is 36.4 Å². The number of rotatable bonds is 5. The predicted octanol–water partition coefficient (Wildman–Crippen LogP) is 2.48. The highest BCUT2D eigenvalue weighted by Crippen LogP contribution is 2.26. The fourth-order valence-electron chi connectivity index (χ4n) is 1.74. The molecular formula is C17H24N2O4. The molecule has 126 valence electrons. The lowest BCUT2D eigenvalue weighted by molar-refractivity contribution is 0.292. The van der Waals surface area contributed by atoms with Gasteiger partial charge in [0.25, 0.3) is 0 Å². The van der Waals surface area contributed by atoms with Gasteiger partial charge in [-0.25, -0.2) is 0 Å². The molecule has 2 aromatic carbocycles. The van der Waals surface area contributed by atoms with Crippen molar-refractivity contribution in [1.29, 1.82) is 0 Å². The van der Waals surface area contributed by atoms with Crippen LogP contribution in [-0.2, 0) is 0 Å². The van der Waals surface area contributed by atoms with Gasteiger partial charge in [-0.15, -0.1) is 0 Å². The number of aliphatic hydroxyl groups is 1. The van der Waals surface area contributed by atoms with Crippen LogP contribution in [0, 0.1) is 6.92 Å². The molecule has 0 spiro atoms. The number of nitrogen functional groups attached to an aromatic ring is 1. The van der Waals surface area contributed by atoms with Gasteiger partial charge in [0, 0.05) is 36.7 Å². The summed E-state index contributed by atoms with van der Waals surface area (Å²) >= 11 is 0. The topological polar surface area (TPSA) is 108 Å². The lowest BCUT2D eigenvalue weighted by Crippen LogP contribution is -2.03. The molecule has 0 bridgehead atoms. The molecular weight excluding hydrogens is 296 g/mol. The number of hydrogen-bond donors (Lipinski definition) is 5. The molecule has 0 radical (unpaired) electrons. The van der Waals surface area contributed by atoms with E-state index in [1.807, 2.05) is 19.1 Å². The normalized spacial score (nSPS) is 9.70.